The number of aliphatic hydroxyl groups is 1. The minimum atomic E-state index is -0.763. The lowest BCUT2D eigenvalue weighted by Crippen LogP contribution is -3.07. The fraction of sp³-hybridized carbons (Fsp3) is 0.571. The summed E-state index contributed by atoms with van der Waals surface area (Å²) in [6, 6.07) is 7.71. The van der Waals surface area contributed by atoms with Crippen LogP contribution < -0.4 is 4.90 Å². The van der Waals surface area contributed by atoms with Crippen molar-refractivity contribution < 1.29 is 10.0 Å². The summed E-state index contributed by atoms with van der Waals surface area (Å²) in [6.45, 7) is 0.967. The first-order valence-corrected chi connectivity index (χ1v) is 7.91. The van der Waals surface area contributed by atoms with E-state index >= 15 is 0 Å². The van der Waals surface area contributed by atoms with Crippen LogP contribution in [0.4, 0.5) is 0 Å². The summed E-state index contributed by atoms with van der Waals surface area (Å²) in [5, 5.41) is 11.8. The Morgan fingerprint density at radius 2 is 2.17 bits per heavy atom. The molecule has 1 fully saturated rings. The van der Waals surface area contributed by atoms with Crippen molar-refractivity contribution in [2.45, 2.75) is 12.0 Å². The predicted molar refractivity (Wildman–Crippen MR) is 78.5 cm³/mol. The van der Waals surface area contributed by atoms with Gasteiger partial charge in [0.25, 0.3) is 0 Å². The molecule has 0 amide bonds. The highest BCUT2D eigenvalue weighted by molar-refractivity contribution is 7.99. The van der Waals surface area contributed by atoms with E-state index < -0.39 is 5.60 Å². The molecule has 1 aliphatic rings. The monoisotopic (exact) mass is 286 g/mol. The Morgan fingerprint density at radius 1 is 1.44 bits per heavy atom. The molecule has 0 aromatic heterocycles. The smallest absolute Gasteiger partial charge is 0.101 e. The van der Waals surface area contributed by atoms with E-state index in [2.05, 4.69) is 14.1 Å². The van der Waals surface area contributed by atoms with Gasteiger partial charge in [-0.2, -0.15) is 11.8 Å². The summed E-state index contributed by atoms with van der Waals surface area (Å²) in [5.41, 5.74) is 0.138. The number of rotatable bonds is 3. The van der Waals surface area contributed by atoms with E-state index in [0.717, 1.165) is 30.0 Å². The third kappa shape index (κ3) is 2.85. The second kappa shape index (κ2) is 5.83. The highest BCUT2D eigenvalue weighted by Crippen LogP contribution is 2.42. The molecule has 1 aliphatic heterocycles. The van der Waals surface area contributed by atoms with Gasteiger partial charge in [0, 0.05) is 16.3 Å². The summed E-state index contributed by atoms with van der Waals surface area (Å²) in [7, 11) is 4.26. The van der Waals surface area contributed by atoms with Crippen LogP contribution in [-0.2, 0) is 5.60 Å². The maximum absolute atomic E-state index is 11.1. The van der Waals surface area contributed by atoms with E-state index in [1.165, 1.54) is 4.90 Å². The first-order valence-electron chi connectivity index (χ1n) is 6.38. The van der Waals surface area contributed by atoms with Crippen LogP contribution in [0.3, 0.4) is 0 Å². The molecule has 0 aliphatic carbocycles. The topological polar surface area (TPSA) is 24.7 Å². The highest BCUT2D eigenvalue weighted by Gasteiger charge is 2.43. The number of nitrogens with one attached hydrogen (secondary N) is 1. The van der Waals surface area contributed by atoms with Crippen LogP contribution >= 0.6 is 23.4 Å². The summed E-state index contributed by atoms with van der Waals surface area (Å²) < 4.78 is 0. The van der Waals surface area contributed by atoms with Gasteiger partial charge < -0.3 is 10.0 Å². The Balaban J connectivity index is 2.33. The first kappa shape index (κ1) is 14.2. The molecule has 1 heterocycles. The zero-order valence-corrected chi connectivity index (χ0v) is 12.5. The largest absolute Gasteiger partial charge is 0.385 e. The molecular weight excluding hydrogens is 266 g/mol. The average molecular weight is 287 g/mol. The van der Waals surface area contributed by atoms with Crippen LogP contribution in [0.15, 0.2) is 24.3 Å². The quantitative estimate of drug-likeness (QED) is 0.879. The molecule has 100 valence electrons. The van der Waals surface area contributed by atoms with Crippen molar-refractivity contribution in [1.29, 1.82) is 0 Å². The highest BCUT2D eigenvalue weighted by atomic mass is 35.5. The molecule has 18 heavy (non-hydrogen) atoms. The number of hydrogen-bond donors (Lipinski definition) is 2. The molecule has 4 heteroatoms. The molecule has 2 nitrogen and oxygen atoms in total. The van der Waals surface area contributed by atoms with Crippen LogP contribution in [0.2, 0.25) is 5.02 Å². The summed E-state index contributed by atoms with van der Waals surface area (Å²) in [6.07, 6.45) is 0.791. The maximum atomic E-state index is 11.1. The van der Waals surface area contributed by atoms with Crippen molar-refractivity contribution in [2.24, 2.45) is 5.92 Å². The Labute approximate surface area is 118 Å². The number of thioether (sulfide) groups is 1. The van der Waals surface area contributed by atoms with E-state index in [0.29, 0.717) is 5.02 Å². The summed E-state index contributed by atoms with van der Waals surface area (Å²) in [5.74, 6) is 2.27. The van der Waals surface area contributed by atoms with E-state index in [9.17, 15) is 5.11 Å². The lowest BCUT2D eigenvalue weighted by atomic mass is 9.79. The number of benzene rings is 1. The van der Waals surface area contributed by atoms with Crippen molar-refractivity contribution in [3.8, 4) is 0 Å². The lowest BCUT2D eigenvalue weighted by Gasteiger charge is -2.40. The molecule has 2 rings (SSSR count). The van der Waals surface area contributed by atoms with Crippen LogP contribution in [0.5, 0.6) is 0 Å². The van der Waals surface area contributed by atoms with Crippen molar-refractivity contribution in [3.63, 3.8) is 0 Å². The minimum absolute atomic E-state index is 0.265. The van der Waals surface area contributed by atoms with Crippen LogP contribution in [0, 0.1) is 5.92 Å². The normalized spacial score (nSPS) is 28.6. The second-order valence-corrected chi connectivity index (χ2v) is 6.89. The minimum Gasteiger partial charge on any atom is -0.385 e. The van der Waals surface area contributed by atoms with Gasteiger partial charge in [-0.25, -0.2) is 0 Å². The zero-order chi connectivity index (χ0) is 13.2. The third-order valence-corrected chi connectivity index (χ3v) is 5.08. The lowest BCUT2D eigenvalue weighted by molar-refractivity contribution is -0.863. The number of quaternary nitrogens is 1. The van der Waals surface area contributed by atoms with Gasteiger partial charge in [0.15, 0.2) is 0 Å². The SMILES string of the molecule is C[NH+](C)C[C@H]1CSCC[C@@]1(O)c1ccccc1Cl. The van der Waals surface area contributed by atoms with Crippen LogP contribution in [0.1, 0.15) is 12.0 Å². The molecule has 2 atom stereocenters. The van der Waals surface area contributed by atoms with Gasteiger partial charge in [-0.1, -0.05) is 29.8 Å². The molecule has 0 spiro atoms. The van der Waals surface area contributed by atoms with Crippen molar-refractivity contribution >= 4 is 23.4 Å². The molecule has 1 aromatic carbocycles. The van der Waals surface area contributed by atoms with E-state index in [1.54, 1.807) is 0 Å². The second-order valence-electron chi connectivity index (χ2n) is 5.34. The van der Waals surface area contributed by atoms with Crippen molar-refractivity contribution in [2.75, 3.05) is 32.1 Å². The Bertz CT molecular complexity index is 413. The molecule has 0 unspecified atom stereocenters. The maximum Gasteiger partial charge on any atom is 0.101 e. The Hall–Kier alpha value is -0.220. The molecule has 1 saturated heterocycles. The molecule has 2 N–H and O–H groups in total. The Kier molecular flexibility index (Phi) is 4.59. The standard InChI is InChI=1S/C14H20ClNOS/c1-16(2)9-11-10-18-8-7-14(11,17)12-5-3-4-6-13(12)15/h3-6,11,17H,7-10H2,1-2H3/p+1/t11-,14-/m0/s1. The molecule has 0 bridgehead atoms. The van der Waals surface area contributed by atoms with Gasteiger partial charge in [-0.3, -0.25) is 0 Å². The molecule has 1 aromatic rings. The first-order chi connectivity index (χ1) is 8.54. The van der Waals surface area contributed by atoms with E-state index in [4.69, 9.17) is 11.6 Å². The fourth-order valence-electron chi connectivity index (χ4n) is 2.68. The van der Waals surface area contributed by atoms with Crippen molar-refractivity contribution in [3.05, 3.63) is 34.9 Å². The summed E-state index contributed by atoms with van der Waals surface area (Å²) in [4.78, 5) is 1.37. The molecular formula is C14H21ClNOS+. The van der Waals surface area contributed by atoms with Crippen LogP contribution in [-0.4, -0.2) is 37.3 Å². The van der Waals surface area contributed by atoms with Crippen molar-refractivity contribution in [1.82, 2.24) is 0 Å². The van der Waals surface area contributed by atoms with Gasteiger partial charge in [0.05, 0.1) is 26.6 Å². The summed E-state index contributed by atoms with van der Waals surface area (Å²) >= 11 is 8.21. The molecule has 0 radical (unpaired) electrons. The molecule has 0 saturated carbocycles. The average Bonchev–Trinajstić information content (AvgIpc) is 2.32. The third-order valence-electron chi connectivity index (χ3n) is 3.62. The van der Waals surface area contributed by atoms with Gasteiger partial charge in [0.2, 0.25) is 0 Å². The van der Waals surface area contributed by atoms with E-state index in [1.807, 2.05) is 36.0 Å². The van der Waals surface area contributed by atoms with Gasteiger partial charge >= 0.3 is 0 Å². The van der Waals surface area contributed by atoms with Gasteiger partial charge in [-0.15, -0.1) is 0 Å². The Morgan fingerprint density at radius 3 is 2.83 bits per heavy atom. The zero-order valence-electron chi connectivity index (χ0n) is 10.9. The fourth-order valence-corrected chi connectivity index (χ4v) is 4.28. The van der Waals surface area contributed by atoms with Gasteiger partial charge in [0.1, 0.15) is 5.60 Å². The number of hydrogen-bond acceptors (Lipinski definition) is 2. The predicted octanol–water partition coefficient (Wildman–Crippen LogP) is 1.43. The van der Waals surface area contributed by atoms with Crippen LogP contribution in [0.25, 0.3) is 0 Å². The number of halogens is 1. The van der Waals surface area contributed by atoms with Gasteiger partial charge in [-0.05, 0) is 18.2 Å². The van der Waals surface area contributed by atoms with E-state index in [-0.39, 0.29) is 5.92 Å².